The number of carbonyl (C=O) groups excluding carboxylic acids is 1. The molecule has 0 spiro atoms. The molecule has 0 radical (unpaired) electrons. The molecule has 0 saturated carbocycles. The summed E-state index contributed by atoms with van der Waals surface area (Å²) < 4.78 is 5.45. The number of likely N-dealkylation sites (tertiary alicyclic amines) is 1. The molecule has 5 heteroatoms. The Balaban J connectivity index is 1.91. The van der Waals surface area contributed by atoms with Crippen molar-refractivity contribution in [1.82, 2.24) is 10.2 Å². The van der Waals surface area contributed by atoms with Crippen LogP contribution in [0.15, 0.2) is 0 Å². The summed E-state index contributed by atoms with van der Waals surface area (Å²) in [6.45, 7) is 7.41. The number of aliphatic hydroxyl groups excluding tert-OH is 1. The van der Waals surface area contributed by atoms with Gasteiger partial charge in [0.1, 0.15) is 0 Å². The summed E-state index contributed by atoms with van der Waals surface area (Å²) in [5.41, 5.74) is 0. The maximum Gasteiger partial charge on any atom is 0.229 e. The summed E-state index contributed by atoms with van der Waals surface area (Å²) in [5, 5.41) is 13.3. The number of nitrogens with one attached hydrogen (secondary N) is 1. The largest absolute Gasteiger partial charge is 0.391 e. The van der Waals surface area contributed by atoms with Crippen LogP contribution in [0.3, 0.4) is 0 Å². The third-order valence-electron chi connectivity index (χ3n) is 4.28. The molecule has 0 aromatic heterocycles. The van der Waals surface area contributed by atoms with Crippen molar-refractivity contribution in [2.75, 3.05) is 32.8 Å². The van der Waals surface area contributed by atoms with Gasteiger partial charge in [-0.05, 0) is 25.3 Å². The van der Waals surface area contributed by atoms with Crippen molar-refractivity contribution >= 4 is 5.91 Å². The van der Waals surface area contributed by atoms with E-state index in [4.69, 9.17) is 4.74 Å². The Hall–Kier alpha value is -0.650. The van der Waals surface area contributed by atoms with Crippen molar-refractivity contribution in [3.63, 3.8) is 0 Å². The summed E-state index contributed by atoms with van der Waals surface area (Å²) >= 11 is 0. The van der Waals surface area contributed by atoms with Gasteiger partial charge in [0, 0.05) is 19.1 Å². The number of hydrogen-bond acceptors (Lipinski definition) is 4. The number of amides is 1. The number of nitrogens with zero attached hydrogens (tertiary/aromatic N) is 1. The van der Waals surface area contributed by atoms with Crippen LogP contribution in [0.25, 0.3) is 0 Å². The maximum absolute atomic E-state index is 12.5. The molecule has 110 valence electrons. The molecule has 2 heterocycles. The van der Waals surface area contributed by atoms with Crippen molar-refractivity contribution in [1.29, 1.82) is 0 Å². The molecule has 2 saturated heterocycles. The molecule has 0 aliphatic carbocycles. The Bertz CT molecular complexity index is 311. The van der Waals surface area contributed by atoms with Crippen LogP contribution < -0.4 is 5.32 Å². The quantitative estimate of drug-likeness (QED) is 0.768. The van der Waals surface area contributed by atoms with Gasteiger partial charge in [0.15, 0.2) is 0 Å². The van der Waals surface area contributed by atoms with Gasteiger partial charge in [-0.3, -0.25) is 4.79 Å². The second-order valence-corrected chi connectivity index (χ2v) is 5.82. The van der Waals surface area contributed by atoms with E-state index in [0.717, 1.165) is 25.9 Å². The smallest absolute Gasteiger partial charge is 0.229 e. The van der Waals surface area contributed by atoms with Crippen molar-refractivity contribution in [3.8, 4) is 0 Å². The molecule has 2 aliphatic heterocycles. The normalized spacial score (nSPS) is 35.6. The Kier molecular flexibility index (Phi) is 5.19. The molecule has 2 fully saturated rings. The van der Waals surface area contributed by atoms with Crippen LogP contribution in [-0.4, -0.2) is 60.9 Å². The van der Waals surface area contributed by atoms with Crippen molar-refractivity contribution < 1.29 is 14.6 Å². The molecule has 0 aromatic carbocycles. The predicted molar refractivity (Wildman–Crippen MR) is 72.8 cm³/mol. The SMILES string of the molecule is CCCNC1COCC1C(=O)N1CCC(C)C(O)C1. The van der Waals surface area contributed by atoms with E-state index in [1.807, 2.05) is 11.8 Å². The molecular formula is C14H26N2O3. The summed E-state index contributed by atoms with van der Waals surface area (Å²) in [6.07, 6.45) is 1.55. The fourth-order valence-corrected chi connectivity index (χ4v) is 2.81. The number of aliphatic hydroxyl groups is 1. The highest BCUT2D eigenvalue weighted by molar-refractivity contribution is 5.80. The van der Waals surface area contributed by atoms with Gasteiger partial charge in [-0.1, -0.05) is 13.8 Å². The minimum absolute atomic E-state index is 0.0906. The van der Waals surface area contributed by atoms with Crippen molar-refractivity contribution in [2.45, 2.75) is 38.8 Å². The number of β-amino-alcohol motifs (C(OH)–C–C–N with tert-alkyl or cyclic N) is 1. The van der Waals surface area contributed by atoms with Gasteiger partial charge in [-0.15, -0.1) is 0 Å². The lowest BCUT2D eigenvalue weighted by atomic mass is 9.94. The van der Waals surface area contributed by atoms with Crippen molar-refractivity contribution in [3.05, 3.63) is 0 Å². The first-order chi connectivity index (χ1) is 9.13. The van der Waals surface area contributed by atoms with Crippen LogP contribution in [0.5, 0.6) is 0 Å². The zero-order chi connectivity index (χ0) is 13.8. The molecule has 4 unspecified atom stereocenters. The minimum atomic E-state index is -0.387. The lowest BCUT2D eigenvalue weighted by Crippen LogP contribution is -2.51. The number of hydrogen-bond donors (Lipinski definition) is 2. The molecule has 0 bridgehead atoms. The van der Waals surface area contributed by atoms with Crippen LogP contribution in [0, 0.1) is 11.8 Å². The highest BCUT2D eigenvalue weighted by Gasteiger charge is 2.38. The maximum atomic E-state index is 12.5. The van der Waals surface area contributed by atoms with Gasteiger partial charge in [-0.2, -0.15) is 0 Å². The van der Waals surface area contributed by atoms with E-state index in [1.165, 1.54) is 0 Å². The standard InChI is InChI=1S/C14H26N2O3/c1-3-5-15-12-9-19-8-11(12)14(18)16-6-4-10(2)13(17)7-16/h10-13,15,17H,3-9H2,1-2H3. The molecule has 5 nitrogen and oxygen atoms in total. The van der Waals surface area contributed by atoms with E-state index in [-0.39, 0.29) is 29.9 Å². The molecule has 0 aromatic rings. The predicted octanol–water partition coefficient (Wildman–Crippen LogP) is 0.230. The molecule has 4 atom stereocenters. The van der Waals surface area contributed by atoms with E-state index in [1.54, 1.807) is 0 Å². The fourth-order valence-electron chi connectivity index (χ4n) is 2.81. The molecule has 2 aliphatic rings. The molecule has 1 amide bonds. The summed E-state index contributed by atoms with van der Waals surface area (Å²) in [5.74, 6) is 0.335. The third kappa shape index (κ3) is 3.46. The number of ether oxygens (including phenoxy) is 1. The van der Waals surface area contributed by atoms with Crippen LogP contribution in [-0.2, 0) is 9.53 Å². The average Bonchev–Trinajstić information content (AvgIpc) is 2.87. The molecular weight excluding hydrogens is 244 g/mol. The van der Waals surface area contributed by atoms with Crippen LogP contribution in [0.2, 0.25) is 0 Å². The first-order valence-corrected chi connectivity index (χ1v) is 7.41. The topological polar surface area (TPSA) is 61.8 Å². The Labute approximate surface area is 115 Å². The first-order valence-electron chi connectivity index (χ1n) is 7.41. The van der Waals surface area contributed by atoms with E-state index in [0.29, 0.717) is 19.8 Å². The highest BCUT2D eigenvalue weighted by atomic mass is 16.5. The van der Waals surface area contributed by atoms with Crippen LogP contribution >= 0.6 is 0 Å². The average molecular weight is 270 g/mol. The first kappa shape index (κ1) is 14.8. The summed E-state index contributed by atoms with van der Waals surface area (Å²) in [7, 11) is 0. The summed E-state index contributed by atoms with van der Waals surface area (Å²) in [4.78, 5) is 14.3. The van der Waals surface area contributed by atoms with E-state index < -0.39 is 0 Å². The van der Waals surface area contributed by atoms with Gasteiger partial charge in [0.25, 0.3) is 0 Å². The highest BCUT2D eigenvalue weighted by Crippen LogP contribution is 2.22. The lowest BCUT2D eigenvalue weighted by Gasteiger charge is -2.36. The number of piperidine rings is 1. The van der Waals surface area contributed by atoms with Crippen LogP contribution in [0.4, 0.5) is 0 Å². The second kappa shape index (κ2) is 6.68. The Morgan fingerprint density at radius 2 is 2.26 bits per heavy atom. The number of carbonyl (C=O) groups is 1. The van der Waals surface area contributed by atoms with Gasteiger partial charge < -0.3 is 20.1 Å². The molecule has 2 N–H and O–H groups in total. The zero-order valence-corrected chi connectivity index (χ0v) is 12.0. The van der Waals surface area contributed by atoms with E-state index in [9.17, 15) is 9.90 Å². The van der Waals surface area contributed by atoms with Gasteiger partial charge in [0.2, 0.25) is 5.91 Å². The zero-order valence-electron chi connectivity index (χ0n) is 12.0. The summed E-state index contributed by atoms with van der Waals surface area (Å²) in [6, 6.07) is 0.129. The Morgan fingerprint density at radius 3 is 2.95 bits per heavy atom. The molecule has 2 rings (SSSR count). The van der Waals surface area contributed by atoms with E-state index >= 15 is 0 Å². The minimum Gasteiger partial charge on any atom is -0.391 e. The van der Waals surface area contributed by atoms with Gasteiger partial charge in [0.05, 0.1) is 25.2 Å². The third-order valence-corrected chi connectivity index (χ3v) is 4.28. The fraction of sp³-hybridized carbons (Fsp3) is 0.929. The van der Waals surface area contributed by atoms with E-state index in [2.05, 4.69) is 12.2 Å². The lowest BCUT2D eigenvalue weighted by molar-refractivity contribution is -0.140. The van der Waals surface area contributed by atoms with Crippen molar-refractivity contribution in [2.24, 2.45) is 11.8 Å². The number of rotatable bonds is 4. The van der Waals surface area contributed by atoms with Crippen LogP contribution in [0.1, 0.15) is 26.7 Å². The second-order valence-electron chi connectivity index (χ2n) is 5.82. The monoisotopic (exact) mass is 270 g/mol. The molecule has 19 heavy (non-hydrogen) atoms. The Morgan fingerprint density at radius 1 is 1.47 bits per heavy atom. The van der Waals surface area contributed by atoms with Gasteiger partial charge in [-0.25, -0.2) is 0 Å². The van der Waals surface area contributed by atoms with Gasteiger partial charge >= 0.3 is 0 Å².